The van der Waals surface area contributed by atoms with E-state index in [9.17, 15) is 9.90 Å². The Hall–Kier alpha value is -3.94. The van der Waals surface area contributed by atoms with Gasteiger partial charge in [-0.05, 0) is 66.3 Å². The smallest absolute Gasteiger partial charge is 0.439 e. The van der Waals surface area contributed by atoms with Crippen LogP contribution in [0.2, 0.25) is 0 Å². The fourth-order valence-corrected chi connectivity index (χ4v) is 3.92. The van der Waals surface area contributed by atoms with E-state index in [0.717, 1.165) is 34.4 Å². The Balaban J connectivity index is 1.64. The molecule has 0 spiro atoms. The summed E-state index contributed by atoms with van der Waals surface area (Å²) in [6.07, 6.45) is 1.95. The van der Waals surface area contributed by atoms with Gasteiger partial charge in [0, 0.05) is 17.7 Å². The molecule has 0 saturated carbocycles. The highest BCUT2D eigenvalue weighted by Crippen LogP contribution is 2.32. The minimum absolute atomic E-state index is 0.0812. The summed E-state index contributed by atoms with van der Waals surface area (Å²) in [5, 5.41) is 14.0. The SMILES string of the molecule is CCc1cccc(-c2nc(Cc3c(CC)cc(OCc4noc(=O)[nH]4)c(F)c3C)ccc2O)c1. The predicted octanol–water partition coefficient (Wildman–Crippen LogP) is 4.87. The number of aromatic hydroxyl groups is 1. The molecule has 0 fully saturated rings. The molecule has 2 heterocycles. The van der Waals surface area contributed by atoms with Crippen LogP contribution < -0.4 is 10.5 Å². The molecule has 0 aliphatic carbocycles. The molecule has 0 amide bonds. The van der Waals surface area contributed by atoms with E-state index >= 15 is 4.39 Å². The second-order valence-electron chi connectivity index (χ2n) is 8.04. The fraction of sp³-hybridized carbons (Fsp3) is 0.269. The zero-order valence-corrected chi connectivity index (χ0v) is 19.3. The number of rotatable bonds is 8. The van der Waals surface area contributed by atoms with Gasteiger partial charge < -0.3 is 9.84 Å². The first-order valence-electron chi connectivity index (χ1n) is 11.2. The van der Waals surface area contributed by atoms with Gasteiger partial charge in [-0.15, -0.1) is 0 Å². The summed E-state index contributed by atoms with van der Waals surface area (Å²) < 4.78 is 25.2. The monoisotopic (exact) mass is 463 g/mol. The number of aromatic nitrogens is 3. The van der Waals surface area contributed by atoms with Gasteiger partial charge in [0.2, 0.25) is 0 Å². The van der Waals surface area contributed by atoms with E-state index in [0.29, 0.717) is 24.1 Å². The first kappa shape index (κ1) is 23.2. The molecule has 2 N–H and O–H groups in total. The zero-order valence-electron chi connectivity index (χ0n) is 19.3. The lowest BCUT2D eigenvalue weighted by molar-refractivity contribution is 0.271. The standard InChI is InChI=1S/C26H26FN3O4/c1-4-16-7-6-8-18(11-16)25-21(31)10-9-19(28-25)13-20-15(3)24(27)22(12-17(20)5-2)33-14-23-29-26(32)34-30-23/h6-12,31H,4-5,13-14H2,1-3H3,(H,29,30,32). The normalized spacial score (nSPS) is 11.1. The summed E-state index contributed by atoms with van der Waals surface area (Å²) in [4.78, 5) is 18.2. The third-order valence-electron chi connectivity index (χ3n) is 5.82. The van der Waals surface area contributed by atoms with Crippen LogP contribution in [0.25, 0.3) is 11.3 Å². The molecule has 0 radical (unpaired) electrons. The van der Waals surface area contributed by atoms with Crippen LogP contribution in [0, 0.1) is 12.7 Å². The molecule has 7 nitrogen and oxygen atoms in total. The van der Waals surface area contributed by atoms with E-state index in [4.69, 9.17) is 9.72 Å². The molecule has 0 aliphatic heterocycles. The van der Waals surface area contributed by atoms with Gasteiger partial charge in [-0.3, -0.25) is 9.51 Å². The molecule has 4 rings (SSSR count). The maximum Gasteiger partial charge on any atom is 0.439 e. The van der Waals surface area contributed by atoms with Crippen molar-refractivity contribution in [3.8, 4) is 22.8 Å². The van der Waals surface area contributed by atoms with Crippen LogP contribution in [0.5, 0.6) is 11.5 Å². The van der Waals surface area contributed by atoms with E-state index in [1.54, 1.807) is 25.1 Å². The van der Waals surface area contributed by atoms with Crippen LogP contribution in [0.3, 0.4) is 0 Å². The molecule has 34 heavy (non-hydrogen) atoms. The summed E-state index contributed by atoms with van der Waals surface area (Å²) >= 11 is 0. The number of hydrogen-bond acceptors (Lipinski definition) is 6. The number of pyridine rings is 1. The number of nitrogens with one attached hydrogen (secondary N) is 1. The van der Waals surface area contributed by atoms with E-state index < -0.39 is 11.6 Å². The van der Waals surface area contributed by atoms with Crippen molar-refractivity contribution < 1.29 is 18.8 Å². The van der Waals surface area contributed by atoms with Crippen LogP contribution in [0.1, 0.15) is 47.6 Å². The lowest BCUT2D eigenvalue weighted by atomic mass is 9.94. The maximum absolute atomic E-state index is 15.2. The number of halogens is 1. The lowest BCUT2D eigenvalue weighted by Gasteiger charge is -2.17. The minimum Gasteiger partial charge on any atom is -0.506 e. The Bertz CT molecular complexity index is 1380. The van der Waals surface area contributed by atoms with Crippen LogP contribution >= 0.6 is 0 Å². The molecule has 0 bridgehead atoms. The maximum atomic E-state index is 15.2. The molecule has 0 saturated heterocycles. The Morgan fingerprint density at radius 2 is 1.97 bits per heavy atom. The first-order chi connectivity index (χ1) is 16.4. The number of ether oxygens (including phenoxy) is 1. The Kier molecular flexibility index (Phi) is 6.77. The van der Waals surface area contributed by atoms with Crippen molar-refractivity contribution in [2.45, 2.75) is 46.6 Å². The molecule has 4 aromatic rings. The van der Waals surface area contributed by atoms with Crippen molar-refractivity contribution in [2.24, 2.45) is 0 Å². The van der Waals surface area contributed by atoms with Crippen molar-refractivity contribution >= 4 is 0 Å². The Labute approximate surface area is 196 Å². The van der Waals surface area contributed by atoms with Gasteiger partial charge in [0.05, 0.1) is 0 Å². The second-order valence-corrected chi connectivity index (χ2v) is 8.04. The van der Waals surface area contributed by atoms with E-state index in [-0.39, 0.29) is 23.9 Å². The lowest BCUT2D eigenvalue weighted by Crippen LogP contribution is -2.07. The number of aromatic amines is 1. The highest BCUT2D eigenvalue weighted by Gasteiger charge is 2.18. The van der Waals surface area contributed by atoms with Crippen molar-refractivity contribution in [3.63, 3.8) is 0 Å². The first-order valence-corrected chi connectivity index (χ1v) is 11.2. The van der Waals surface area contributed by atoms with Gasteiger partial charge in [0.1, 0.15) is 18.1 Å². The molecular weight excluding hydrogens is 437 g/mol. The van der Waals surface area contributed by atoms with Gasteiger partial charge in [0.25, 0.3) is 0 Å². The number of H-pyrrole nitrogens is 1. The Morgan fingerprint density at radius 1 is 1.15 bits per heavy atom. The van der Waals surface area contributed by atoms with Gasteiger partial charge in [-0.1, -0.05) is 37.2 Å². The van der Waals surface area contributed by atoms with Crippen LogP contribution in [0.15, 0.2) is 51.8 Å². The number of aryl methyl sites for hydroxylation is 2. The quantitative estimate of drug-likeness (QED) is 0.387. The van der Waals surface area contributed by atoms with Crippen LogP contribution in [-0.4, -0.2) is 20.2 Å². The molecule has 2 aromatic heterocycles. The molecule has 2 aromatic carbocycles. The third-order valence-corrected chi connectivity index (χ3v) is 5.82. The average Bonchev–Trinajstić information content (AvgIpc) is 3.27. The molecule has 0 atom stereocenters. The number of nitrogens with zero attached hydrogens (tertiary/aromatic N) is 2. The van der Waals surface area contributed by atoms with E-state index in [1.165, 1.54) is 0 Å². The highest BCUT2D eigenvalue weighted by molar-refractivity contribution is 5.66. The van der Waals surface area contributed by atoms with Crippen molar-refractivity contribution in [1.29, 1.82) is 0 Å². The molecular formula is C26H26FN3O4. The highest BCUT2D eigenvalue weighted by atomic mass is 19.1. The van der Waals surface area contributed by atoms with Crippen LogP contribution in [0.4, 0.5) is 4.39 Å². The fourth-order valence-electron chi connectivity index (χ4n) is 3.92. The molecule has 176 valence electrons. The van der Waals surface area contributed by atoms with Crippen molar-refractivity contribution in [3.05, 3.63) is 92.6 Å². The average molecular weight is 464 g/mol. The summed E-state index contributed by atoms with van der Waals surface area (Å²) in [7, 11) is 0. The third kappa shape index (κ3) is 4.85. The van der Waals surface area contributed by atoms with Gasteiger partial charge in [-0.2, -0.15) is 0 Å². The van der Waals surface area contributed by atoms with E-state index in [2.05, 4.69) is 21.6 Å². The summed E-state index contributed by atoms with van der Waals surface area (Å²) in [6.45, 7) is 5.65. The van der Waals surface area contributed by atoms with Gasteiger partial charge in [0.15, 0.2) is 17.4 Å². The molecule has 8 heteroatoms. The largest absolute Gasteiger partial charge is 0.506 e. The topological polar surface area (TPSA) is 101 Å². The van der Waals surface area contributed by atoms with Gasteiger partial charge in [-0.25, -0.2) is 14.2 Å². The minimum atomic E-state index is -0.693. The van der Waals surface area contributed by atoms with Crippen molar-refractivity contribution in [1.82, 2.24) is 15.1 Å². The zero-order chi connectivity index (χ0) is 24.2. The van der Waals surface area contributed by atoms with Gasteiger partial charge >= 0.3 is 5.76 Å². The predicted molar refractivity (Wildman–Crippen MR) is 125 cm³/mol. The van der Waals surface area contributed by atoms with Crippen molar-refractivity contribution in [2.75, 3.05) is 0 Å². The Morgan fingerprint density at radius 3 is 2.68 bits per heavy atom. The summed E-state index contributed by atoms with van der Waals surface area (Å²) in [6, 6.07) is 13.0. The molecule has 0 aliphatic rings. The second kappa shape index (κ2) is 9.91. The summed E-state index contributed by atoms with van der Waals surface area (Å²) in [5.74, 6) is -0.810. The van der Waals surface area contributed by atoms with Crippen LogP contribution in [-0.2, 0) is 25.9 Å². The number of hydrogen-bond donors (Lipinski definition) is 2. The number of benzene rings is 2. The molecule has 0 unspecified atom stereocenters. The van der Waals surface area contributed by atoms with E-state index in [1.807, 2.05) is 31.2 Å². The summed E-state index contributed by atoms with van der Waals surface area (Å²) in [5.41, 5.74) is 5.44.